The Morgan fingerprint density at radius 2 is 2.04 bits per heavy atom. The molecule has 1 aliphatic heterocycles. The van der Waals surface area contributed by atoms with Crippen LogP contribution < -0.4 is 5.69 Å². The number of hydrogen-bond donors (Lipinski definition) is 0. The summed E-state index contributed by atoms with van der Waals surface area (Å²) in [5, 5.41) is 0.372. The normalized spacial score (nSPS) is 18.6. The summed E-state index contributed by atoms with van der Waals surface area (Å²) in [7, 11) is -1.96. The highest BCUT2D eigenvalue weighted by atomic mass is 35.5. The van der Waals surface area contributed by atoms with E-state index in [1.54, 1.807) is 36.0 Å². The molecular formula is C17H17ClN4O3S. The lowest BCUT2D eigenvalue weighted by atomic mass is 10.2. The summed E-state index contributed by atoms with van der Waals surface area (Å²) in [5.74, 6) is 0. The highest BCUT2D eigenvalue weighted by molar-refractivity contribution is 7.89. The molecule has 3 heterocycles. The van der Waals surface area contributed by atoms with E-state index in [9.17, 15) is 13.2 Å². The van der Waals surface area contributed by atoms with Crippen molar-refractivity contribution in [2.45, 2.75) is 17.4 Å². The summed E-state index contributed by atoms with van der Waals surface area (Å²) in [6.45, 7) is 0.569. The molecule has 9 heteroatoms. The molecule has 0 spiro atoms. The summed E-state index contributed by atoms with van der Waals surface area (Å²) < 4.78 is 30.3. The average Bonchev–Trinajstić information content (AvgIpc) is 3.20. The Hall–Kier alpha value is -2.16. The van der Waals surface area contributed by atoms with Crippen LogP contribution in [0.2, 0.25) is 5.02 Å². The molecule has 1 saturated heterocycles. The highest BCUT2D eigenvalue weighted by Crippen LogP contribution is 2.29. The molecule has 0 saturated carbocycles. The standard InChI is InChI=1S/C17H17ClN4O3S/c1-20-15-6-3-8-19-16(15)22(17(20)23)13-7-9-21(11-13)26(24,25)14-5-2-4-12(18)10-14/h2-6,8,10,13H,7,9,11H2,1H3. The SMILES string of the molecule is Cn1c(=O)n(C2CCN(S(=O)(=O)c3cccc(Cl)c3)C2)c2ncccc21. The number of benzene rings is 1. The first-order valence-corrected chi connectivity index (χ1v) is 9.99. The maximum Gasteiger partial charge on any atom is 0.330 e. The van der Waals surface area contributed by atoms with E-state index in [0.717, 1.165) is 5.52 Å². The highest BCUT2D eigenvalue weighted by Gasteiger charge is 2.35. The van der Waals surface area contributed by atoms with Crippen LogP contribution in [0.5, 0.6) is 0 Å². The first-order valence-electron chi connectivity index (χ1n) is 8.17. The Morgan fingerprint density at radius 3 is 2.81 bits per heavy atom. The van der Waals surface area contributed by atoms with Crippen molar-refractivity contribution < 1.29 is 8.42 Å². The third kappa shape index (κ3) is 2.65. The second kappa shape index (κ2) is 6.22. The van der Waals surface area contributed by atoms with E-state index in [0.29, 0.717) is 23.6 Å². The zero-order valence-corrected chi connectivity index (χ0v) is 15.6. The fourth-order valence-electron chi connectivity index (χ4n) is 3.44. The Morgan fingerprint density at radius 1 is 1.23 bits per heavy atom. The van der Waals surface area contributed by atoms with Crippen LogP contribution in [0.4, 0.5) is 0 Å². The Labute approximate surface area is 155 Å². The largest absolute Gasteiger partial charge is 0.330 e. The van der Waals surface area contributed by atoms with E-state index in [2.05, 4.69) is 4.98 Å². The number of imidazole rings is 1. The number of rotatable bonds is 3. The second-order valence-electron chi connectivity index (χ2n) is 6.32. The summed E-state index contributed by atoms with van der Waals surface area (Å²) in [6, 6.07) is 9.56. The quantitative estimate of drug-likeness (QED) is 0.683. The topological polar surface area (TPSA) is 77.2 Å². The zero-order chi connectivity index (χ0) is 18.5. The van der Waals surface area contributed by atoms with Gasteiger partial charge in [0.15, 0.2) is 5.65 Å². The van der Waals surface area contributed by atoms with Gasteiger partial charge in [0.2, 0.25) is 10.0 Å². The van der Waals surface area contributed by atoms with Crippen LogP contribution >= 0.6 is 11.6 Å². The van der Waals surface area contributed by atoms with Crippen LogP contribution in [-0.4, -0.2) is 39.9 Å². The molecular weight excluding hydrogens is 376 g/mol. The molecule has 0 N–H and O–H groups in total. The molecule has 4 rings (SSSR count). The van der Waals surface area contributed by atoms with Gasteiger partial charge in [0.25, 0.3) is 0 Å². The maximum atomic E-state index is 12.9. The van der Waals surface area contributed by atoms with Crippen molar-refractivity contribution in [3.63, 3.8) is 0 Å². The number of aromatic nitrogens is 3. The molecule has 0 bridgehead atoms. The smallest absolute Gasteiger partial charge is 0.293 e. The molecule has 1 unspecified atom stereocenters. The minimum absolute atomic E-state index is 0.161. The summed E-state index contributed by atoms with van der Waals surface area (Å²) in [5.41, 5.74) is 1.12. The fourth-order valence-corrected chi connectivity index (χ4v) is 5.23. The number of halogens is 1. The molecule has 2 aromatic heterocycles. The number of fused-ring (bicyclic) bond motifs is 1. The van der Waals surface area contributed by atoms with E-state index >= 15 is 0 Å². The molecule has 1 fully saturated rings. The molecule has 1 aromatic carbocycles. The Bertz CT molecular complexity index is 1150. The van der Waals surface area contributed by atoms with Crippen molar-refractivity contribution in [3.05, 3.63) is 58.1 Å². The molecule has 3 aromatic rings. The monoisotopic (exact) mass is 392 g/mol. The van der Waals surface area contributed by atoms with Gasteiger partial charge in [-0.25, -0.2) is 18.2 Å². The van der Waals surface area contributed by atoms with Crippen LogP contribution in [0.25, 0.3) is 11.2 Å². The zero-order valence-electron chi connectivity index (χ0n) is 14.0. The number of sulfonamides is 1. The molecule has 1 atom stereocenters. The number of aryl methyl sites for hydroxylation is 1. The average molecular weight is 393 g/mol. The van der Waals surface area contributed by atoms with E-state index in [1.165, 1.54) is 21.0 Å². The molecule has 1 aliphatic rings. The number of nitrogens with zero attached hydrogens (tertiary/aromatic N) is 4. The predicted octanol–water partition coefficient (Wildman–Crippen LogP) is 2.02. The van der Waals surface area contributed by atoms with E-state index in [-0.39, 0.29) is 23.2 Å². The lowest BCUT2D eigenvalue weighted by molar-refractivity contribution is 0.449. The number of hydrogen-bond acceptors (Lipinski definition) is 4. The minimum atomic E-state index is -3.66. The van der Waals surface area contributed by atoms with Gasteiger partial charge in [-0.2, -0.15) is 4.31 Å². The predicted molar refractivity (Wildman–Crippen MR) is 98.8 cm³/mol. The van der Waals surface area contributed by atoms with Gasteiger partial charge in [-0.1, -0.05) is 17.7 Å². The van der Waals surface area contributed by atoms with Crippen LogP contribution in [-0.2, 0) is 17.1 Å². The second-order valence-corrected chi connectivity index (χ2v) is 8.70. The van der Waals surface area contributed by atoms with Crippen LogP contribution in [0.1, 0.15) is 12.5 Å². The third-order valence-corrected chi connectivity index (χ3v) is 6.87. The molecule has 0 radical (unpaired) electrons. The van der Waals surface area contributed by atoms with Crippen LogP contribution in [0.15, 0.2) is 52.3 Å². The maximum absolute atomic E-state index is 12.9. The first kappa shape index (κ1) is 17.3. The van der Waals surface area contributed by atoms with Gasteiger partial charge in [-0.15, -0.1) is 0 Å². The van der Waals surface area contributed by atoms with Gasteiger partial charge in [0.05, 0.1) is 16.5 Å². The summed E-state index contributed by atoms with van der Waals surface area (Å²) >= 11 is 5.93. The molecule has 26 heavy (non-hydrogen) atoms. The van der Waals surface area contributed by atoms with Gasteiger partial charge in [-0.05, 0) is 36.8 Å². The van der Waals surface area contributed by atoms with Crippen molar-refractivity contribution in [1.82, 2.24) is 18.4 Å². The number of pyridine rings is 1. The first-order chi connectivity index (χ1) is 12.4. The molecule has 7 nitrogen and oxygen atoms in total. The lowest BCUT2D eigenvalue weighted by Gasteiger charge is -2.17. The van der Waals surface area contributed by atoms with Crippen molar-refractivity contribution >= 4 is 32.8 Å². The van der Waals surface area contributed by atoms with Gasteiger partial charge in [0, 0.05) is 31.4 Å². The van der Waals surface area contributed by atoms with Gasteiger partial charge >= 0.3 is 5.69 Å². The fraction of sp³-hybridized carbons (Fsp3) is 0.294. The summed E-state index contributed by atoms with van der Waals surface area (Å²) in [6.07, 6.45) is 2.18. The van der Waals surface area contributed by atoms with Crippen molar-refractivity contribution in [3.8, 4) is 0 Å². The van der Waals surface area contributed by atoms with E-state index < -0.39 is 10.0 Å². The van der Waals surface area contributed by atoms with Gasteiger partial charge < -0.3 is 0 Å². The Kier molecular flexibility index (Phi) is 4.13. The Balaban J connectivity index is 1.70. The molecule has 136 valence electrons. The van der Waals surface area contributed by atoms with Gasteiger partial charge in [0.1, 0.15) is 0 Å². The van der Waals surface area contributed by atoms with Crippen LogP contribution in [0.3, 0.4) is 0 Å². The van der Waals surface area contributed by atoms with E-state index in [4.69, 9.17) is 11.6 Å². The molecule has 0 aliphatic carbocycles. The van der Waals surface area contributed by atoms with Crippen molar-refractivity contribution in [2.24, 2.45) is 7.05 Å². The minimum Gasteiger partial charge on any atom is -0.293 e. The van der Waals surface area contributed by atoms with Crippen molar-refractivity contribution in [1.29, 1.82) is 0 Å². The lowest BCUT2D eigenvalue weighted by Crippen LogP contribution is -2.31. The third-order valence-electron chi connectivity index (χ3n) is 4.77. The van der Waals surface area contributed by atoms with Gasteiger partial charge in [-0.3, -0.25) is 9.13 Å². The van der Waals surface area contributed by atoms with Crippen molar-refractivity contribution in [2.75, 3.05) is 13.1 Å². The van der Waals surface area contributed by atoms with E-state index in [1.807, 2.05) is 6.07 Å². The summed E-state index contributed by atoms with van der Waals surface area (Å²) in [4.78, 5) is 17.1. The van der Waals surface area contributed by atoms with Crippen LogP contribution in [0, 0.1) is 0 Å². The molecule has 0 amide bonds.